The summed E-state index contributed by atoms with van der Waals surface area (Å²) in [4.78, 5) is 0. The number of ether oxygens (including phenoxy) is 6. The molecular weight excluding hydrogens is 865 g/mol. The van der Waals surface area contributed by atoms with Gasteiger partial charge in [-0.25, -0.2) is 0 Å². The SMILES string of the molecule is CC(C)=CCC[C@@](C)(O[C@H]1O[C@@H](CO)[C@H](O)[C@@H](O)[C@@H]1O)[C@@H]1CC[C@@]2(C)[C@H]1[C@@H](O)C[C@H]1[C@]3(C)CC[C@@H](O)C(C)(C)[C@H]3[C@H](O[C@H]3O[C@@H](CO)[C@H](O)[C@@H](O)[C@@H]3O[C@H]3O[C@H](C)[C@@H](O)[C@H](O)[C@@H]3O)C[C@@]12C. The Hall–Kier alpha value is -0.980. The van der Waals surface area contributed by atoms with Crippen molar-refractivity contribution in [2.45, 2.75) is 230 Å². The van der Waals surface area contributed by atoms with Gasteiger partial charge in [-0.1, -0.05) is 46.3 Å². The molecule has 4 saturated carbocycles. The van der Waals surface area contributed by atoms with Crippen molar-refractivity contribution in [2.75, 3.05) is 13.2 Å². The lowest BCUT2D eigenvalue weighted by atomic mass is 9.34. The number of hydrogen-bond donors (Lipinski definition) is 12. The number of aliphatic hydroxyl groups is 12. The van der Waals surface area contributed by atoms with E-state index in [-0.39, 0.29) is 23.7 Å². The first kappa shape index (κ1) is 52.8. The van der Waals surface area contributed by atoms with Crippen LogP contribution in [0.25, 0.3) is 0 Å². The monoisotopic (exact) mass is 947 g/mol. The highest BCUT2D eigenvalue weighted by molar-refractivity contribution is 5.22. The maximum absolute atomic E-state index is 12.7. The normalized spacial score (nSPS) is 53.5. The quantitative estimate of drug-likeness (QED) is 0.0904. The highest BCUT2D eigenvalue weighted by Gasteiger charge is 2.74. The van der Waals surface area contributed by atoms with Crippen LogP contribution in [0.3, 0.4) is 0 Å². The van der Waals surface area contributed by atoms with E-state index in [0.717, 1.165) is 5.57 Å². The molecule has 0 aromatic rings. The second-order valence-corrected chi connectivity index (χ2v) is 23.0. The van der Waals surface area contributed by atoms with Crippen LogP contribution in [0.1, 0.15) is 114 Å². The van der Waals surface area contributed by atoms with Crippen molar-refractivity contribution >= 4 is 0 Å². The summed E-state index contributed by atoms with van der Waals surface area (Å²) in [7, 11) is 0. The van der Waals surface area contributed by atoms with Gasteiger partial charge in [0.05, 0.1) is 43.2 Å². The Bertz CT molecular complexity index is 1700. The Morgan fingerprint density at radius 3 is 1.89 bits per heavy atom. The first-order valence-corrected chi connectivity index (χ1v) is 24.3. The minimum absolute atomic E-state index is 0.0861. The zero-order valence-electron chi connectivity index (χ0n) is 40.2. The van der Waals surface area contributed by atoms with Crippen LogP contribution in [0.2, 0.25) is 0 Å². The fraction of sp³-hybridized carbons (Fsp3) is 0.958. The van der Waals surface area contributed by atoms with Gasteiger partial charge in [0.2, 0.25) is 0 Å². The van der Waals surface area contributed by atoms with Gasteiger partial charge in [0, 0.05) is 0 Å². The van der Waals surface area contributed by atoms with Crippen molar-refractivity contribution in [2.24, 2.45) is 45.3 Å². The van der Waals surface area contributed by atoms with Gasteiger partial charge in [-0.15, -0.1) is 0 Å². The molecule has 0 spiro atoms. The minimum Gasteiger partial charge on any atom is -0.394 e. The second-order valence-electron chi connectivity index (χ2n) is 23.0. The van der Waals surface area contributed by atoms with Gasteiger partial charge in [-0.2, -0.15) is 0 Å². The highest BCUT2D eigenvalue weighted by Crippen LogP contribution is 2.76. The third-order valence-electron chi connectivity index (χ3n) is 18.7. The zero-order valence-corrected chi connectivity index (χ0v) is 40.2. The lowest BCUT2D eigenvalue weighted by Gasteiger charge is -2.72. The van der Waals surface area contributed by atoms with E-state index < -0.39 is 151 Å². The molecule has 4 aliphatic carbocycles. The predicted octanol–water partition coefficient (Wildman–Crippen LogP) is -0.0284. The standard InChI is InChI=1S/C48H82O18/c1-21(2)11-10-14-48(9,66-42-38(60)35(57)32(54)26(19-49)63-42)23-12-16-46(7)30(23)24(51)17-28-45(6)15-13-29(52)44(4,5)40(45)25(18-47(28,46)8)62-43-39(36(58)33(55)27(20-50)64-43)65-41-37(59)34(56)31(53)22(3)61-41/h11,22-43,49-60H,10,12-20H2,1-9H3/t22-,23-,24+,25-,26+,27+,28+,29-,30-,31-,32+,33+,34+,35-,36-,37+,38+,39+,40-,41-,42-,43+,45+,46+,47+,48-/m1/s1. The molecule has 0 amide bonds. The summed E-state index contributed by atoms with van der Waals surface area (Å²) < 4.78 is 38.1. The fourth-order valence-corrected chi connectivity index (χ4v) is 14.9. The molecule has 66 heavy (non-hydrogen) atoms. The smallest absolute Gasteiger partial charge is 0.187 e. The van der Waals surface area contributed by atoms with Crippen molar-refractivity contribution in [3.63, 3.8) is 0 Å². The Morgan fingerprint density at radius 2 is 1.27 bits per heavy atom. The molecule has 26 atom stereocenters. The Balaban J connectivity index is 1.27. The van der Waals surface area contributed by atoms with Crippen LogP contribution >= 0.6 is 0 Å². The molecule has 18 nitrogen and oxygen atoms in total. The van der Waals surface area contributed by atoms with Crippen LogP contribution in [-0.2, 0) is 28.4 Å². The molecule has 0 bridgehead atoms. The van der Waals surface area contributed by atoms with E-state index in [4.69, 9.17) is 28.4 Å². The van der Waals surface area contributed by atoms with Crippen molar-refractivity contribution in [3.8, 4) is 0 Å². The lowest BCUT2D eigenvalue weighted by Crippen LogP contribution is -2.71. The van der Waals surface area contributed by atoms with Crippen LogP contribution in [0.15, 0.2) is 11.6 Å². The van der Waals surface area contributed by atoms with Gasteiger partial charge in [0.15, 0.2) is 18.9 Å². The van der Waals surface area contributed by atoms with E-state index in [9.17, 15) is 61.3 Å². The number of rotatable bonds is 12. The van der Waals surface area contributed by atoms with Crippen LogP contribution in [0.5, 0.6) is 0 Å². The molecular formula is C48H82O18. The first-order valence-electron chi connectivity index (χ1n) is 24.3. The summed E-state index contributed by atoms with van der Waals surface area (Å²) in [6.07, 6.45) is -18.3. The Labute approximate surface area is 388 Å². The maximum Gasteiger partial charge on any atom is 0.187 e. The van der Waals surface area contributed by atoms with Gasteiger partial charge >= 0.3 is 0 Å². The van der Waals surface area contributed by atoms with Crippen molar-refractivity contribution in [1.82, 2.24) is 0 Å². The molecule has 18 heteroatoms. The molecule has 0 aromatic heterocycles. The molecule has 0 radical (unpaired) electrons. The third kappa shape index (κ3) is 8.69. The van der Waals surface area contributed by atoms with Crippen LogP contribution in [-0.4, -0.2) is 191 Å². The van der Waals surface area contributed by atoms with Crippen LogP contribution < -0.4 is 0 Å². The average molecular weight is 947 g/mol. The summed E-state index contributed by atoms with van der Waals surface area (Å²) in [5.74, 6) is -1.12. The molecule has 7 aliphatic rings. The number of fused-ring (bicyclic) bond motifs is 5. The molecule has 0 aromatic carbocycles. The summed E-state index contributed by atoms with van der Waals surface area (Å²) in [5.41, 5.74) is -2.43. The predicted molar refractivity (Wildman–Crippen MR) is 234 cm³/mol. The zero-order chi connectivity index (χ0) is 48.8. The average Bonchev–Trinajstić information content (AvgIpc) is 3.64. The second kappa shape index (κ2) is 19.2. The summed E-state index contributed by atoms with van der Waals surface area (Å²) in [5, 5.41) is 132. The Morgan fingerprint density at radius 1 is 0.682 bits per heavy atom. The largest absolute Gasteiger partial charge is 0.394 e. The first-order chi connectivity index (χ1) is 30.7. The van der Waals surface area contributed by atoms with Crippen LogP contribution in [0.4, 0.5) is 0 Å². The molecule has 12 N–H and O–H groups in total. The molecule has 3 aliphatic heterocycles. The van der Waals surface area contributed by atoms with Crippen molar-refractivity contribution in [1.29, 1.82) is 0 Å². The highest BCUT2D eigenvalue weighted by atomic mass is 16.8. The van der Waals surface area contributed by atoms with Crippen molar-refractivity contribution < 1.29 is 89.7 Å². The molecule has 3 heterocycles. The van der Waals surface area contributed by atoms with Gasteiger partial charge in [-0.3, -0.25) is 0 Å². The van der Waals surface area contributed by atoms with E-state index >= 15 is 0 Å². The van der Waals surface area contributed by atoms with Gasteiger partial charge in [0.1, 0.15) is 67.1 Å². The maximum atomic E-state index is 12.7. The molecule has 382 valence electrons. The molecule has 0 unspecified atom stereocenters. The van der Waals surface area contributed by atoms with E-state index in [0.29, 0.717) is 51.4 Å². The van der Waals surface area contributed by atoms with E-state index in [1.54, 1.807) is 0 Å². The van der Waals surface area contributed by atoms with E-state index in [1.807, 2.05) is 34.6 Å². The van der Waals surface area contributed by atoms with E-state index in [2.05, 4.69) is 26.8 Å². The molecule has 7 fully saturated rings. The number of hydrogen-bond acceptors (Lipinski definition) is 18. The lowest BCUT2D eigenvalue weighted by molar-refractivity contribution is -0.382. The summed E-state index contributed by atoms with van der Waals surface area (Å²) >= 11 is 0. The minimum atomic E-state index is -1.75. The molecule has 7 rings (SSSR count). The fourth-order valence-electron chi connectivity index (χ4n) is 14.9. The molecule has 3 saturated heterocycles. The van der Waals surface area contributed by atoms with Gasteiger partial charge in [0.25, 0.3) is 0 Å². The van der Waals surface area contributed by atoms with Crippen LogP contribution in [0, 0.1) is 45.3 Å². The summed E-state index contributed by atoms with van der Waals surface area (Å²) in [6.45, 7) is 16.8. The topological polar surface area (TPSA) is 298 Å². The van der Waals surface area contributed by atoms with Gasteiger partial charge in [-0.05, 0) is 124 Å². The summed E-state index contributed by atoms with van der Waals surface area (Å²) in [6, 6.07) is 0. The van der Waals surface area contributed by atoms with Gasteiger partial charge < -0.3 is 89.7 Å². The van der Waals surface area contributed by atoms with E-state index in [1.165, 1.54) is 6.92 Å². The Kier molecular flexibility index (Phi) is 15.4. The third-order valence-corrected chi connectivity index (χ3v) is 18.7. The number of aliphatic hydroxyl groups excluding tert-OH is 12. The number of allylic oxidation sites excluding steroid dienone is 2. The van der Waals surface area contributed by atoms with Crippen molar-refractivity contribution in [3.05, 3.63) is 11.6 Å².